The van der Waals surface area contributed by atoms with E-state index in [0.29, 0.717) is 33.5 Å². The molecule has 1 amide bonds. The van der Waals surface area contributed by atoms with Crippen molar-refractivity contribution in [3.63, 3.8) is 0 Å². The molecule has 0 spiro atoms. The molecule has 5 N–H and O–H groups in total. The number of anilines is 3. The summed E-state index contributed by atoms with van der Waals surface area (Å²) in [5.74, 6) is 0.103. The molecule has 0 fully saturated rings. The van der Waals surface area contributed by atoms with E-state index in [2.05, 4.69) is 15.3 Å². The molecule has 3 rings (SSSR count). The maximum absolute atomic E-state index is 11.5. The van der Waals surface area contributed by atoms with Crippen molar-refractivity contribution >= 4 is 55.9 Å². The predicted molar refractivity (Wildman–Crippen MR) is 112 cm³/mol. The van der Waals surface area contributed by atoms with Gasteiger partial charge in [-0.05, 0) is 51.1 Å². The number of primary amides is 1. The highest BCUT2D eigenvalue weighted by Crippen LogP contribution is 2.38. The molecule has 1 heterocycles. The molecule has 0 aliphatic rings. The number of nitrogens with zero attached hydrogens (tertiary/aromatic N) is 2. The monoisotopic (exact) mass is 383 g/mol. The van der Waals surface area contributed by atoms with Crippen LogP contribution < -0.4 is 21.5 Å². The van der Waals surface area contributed by atoms with Crippen LogP contribution in [0, 0.1) is 0 Å². The first-order valence-corrected chi connectivity index (χ1v) is 9.26. The Morgan fingerprint density at radius 2 is 2.11 bits per heavy atom. The van der Waals surface area contributed by atoms with Gasteiger partial charge in [-0.2, -0.15) is 0 Å². The van der Waals surface area contributed by atoms with Crippen molar-refractivity contribution in [2.45, 2.75) is 26.9 Å². The number of benzene rings is 2. The van der Waals surface area contributed by atoms with Crippen LogP contribution >= 0.6 is 11.3 Å². The zero-order valence-corrected chi connectivity index (χ0v) is 16.1. The van der Waals surface area contributed by atoms with Crippen LogP contribution in [-0.4, -0.2) is 23.2 Å². The number of nitrogens with two attached hydrogens (primary N) is 2. The van der Waals surface area contributed by atoms with E-state index in [-0.39, 0.29) is 6.10 Å². The third kappa shape index (κ3) is 4.01. The largest absolute Gasteiger partial charge is 0.489 e. The van der Waals surface area contributed by atoms with Gasteiger partial charge in [-0.25, -0.2) is 4.98 Å². The van der Waals surface area contributed by atoms with Gasteiger partial charge in [0.2, 0.25) is 5.91 Å². The lowest BCUT2D eigenvalue weighted by Gasteiger charge is -2.15. The summed E-state index contributed by atoms with van der Waals surface area (Å²) in [5.41, 5.74) is 14.4. The van der Waals surface area contributed by atoms with Gasteiger partial charge in [-0.1, -0.05) is 11.3 Å². The number of hydrogen-bond donors (Lipinski definition) is 3. The highest BCUT2D eigenvalue weighted by molar-refractivity contribution is 7.22. The number of fused-ring (bicyclic) bond motifs is 1. The van der Waals surface area contributed by atoms with Gasteiger partial charge in [0.15, 0.2) is 5.13 Å². The fourth-order valence-electron chi connectivity index (χ4n) is 2.57. The van der Waals surface area contributed by atoms with Crippen LogP contribution in [0.2, 0.25) is 0 Å². The van der Waals surface area contributed by atoms with Crippen molar-refractivity contribution < 1.29 is 9.53 Å². The van der Waals surface area contributed by atoms with E-state index in [1.807, 2.05) is 32.9 Å². The van der Waals surface area contributed by atoms with Gasteiger partial charge in [0.1, 0.15) is 17.0 Å². The molecule has 0 aliphatic carbocycles. The molecule has 0 saturated heterocycles. The number of hydrogen-bond acceptors (Lipinski definition) is 7. The third-order valence-corrected chi connectivity index (χ3v) is 4.63. The molecule has 140 valence electrons. The summed E-state index contributed by atoms with van der Waals surface area (Å²) in [6.45, 7) is 5.69. The quantitative estimate of drug-likeness (QED) is 0.435. The number of nitrogens with one attached hydrogen (secondary N) is 1. The first kappa shape index (κ1) is 18.7. The molecule has 27 heavy (non-hydrogen) atoms. The Hall–Kier alpha value is -3.13. The summed E-state index contributed by atoms with van der Waals surface area (Å²) in [6, 6.07) is 8.74. The maximum atomic E-state index is 11.5. The fourth-order valence-corrected chi connectivity index (χ4v) is 3.45. The maximum Gasteiger partial charge on any atom is 0.248 e. The second-order valence-electron chi connectivity index (χ2n) is 6.12. The summed E-state index contributed by atoms with van der Waals surface area (Å²) >= 11 is 1.46. The van der Waals surface area contributed by atoms with E-state index in [1.54, 1.807) is 24.4 Å². The molecule has 8 heteroatoms. The normalized spacial score (nSPS) is 11.4. The lowest BCUT2D eigenvalue weighted by Crippen LogP contribution is -2.12. The van der Waals surface area contributed by atoms with Gasteiger partial charge in [-0.15, -0.1) is 0 Å². The lowest BCUT2D eigenvalue weighted by molar-refractivity contribution is 0.100. The number of nitrogen functional groups attached to an aromatic ring is 1. The Bertz CT molecular complexity index is 1030. The van der Waals surface area contributed by atoms with Gasteiger partial charge in [0.05, 0.1) is 22.2 Å². The molecular weight excluding hydrogens is 362 g/mol. The van der Waals surface area contributed by atoms with Gasteiger partial charge < -0.3 is 21.5 Å². The minimum absolute atomic E-state index is 0.0226. The Morgan fingerprint density at radius 3 is 2.78 bits per heavy atom. The summed E-state index contributed by atoms with van der Waals surface area (Å²) in [4.78, 5) is 20.5. The highest BCUT2D eigenvalue weighted by Gasteiger charge is 2.14. The molecule has 0 unspecified atom stereocenters. The number of carbonyl (C=O) groups excluding carboxylic acids is 1. The standard InChI is InChI=1S/C19H21N5O2S/c1-4-22-16-12(20)6-8-15-17(16)24-19(27-15)23-13-9-11(18(21)25)5-7-14(13)26-10(2)3/h4-10H,20H2,1-3H3,(H2,21,25)(H,23,24). The van der Waals surface area contributed by atoms with Crippen molar-refractivity contribution in [3.8, 4) is 5.75 Å². The molecular formula is C19H21N5O2S. The molecule has 7 nitrogen and oxygen atoms in total. The van der Waals surface area contributed by atoms with E-state index in [0.717, 1.165) is 10.2 Å². The predicted octanol–water partition coefficient (Wildman–Crippen LogP) is 4.23. The number of thiazole rings is 1. The first-order valence-electron chi connectivity index (χ1n) is 8.44. The molecule has 0 aliphatic heterocycles. The zero-order valence-electron chi connectivity index (χ0n) is 15.3. The van der Waals surface area contributed by atoms with Crippen LogP contribution in [0.3, 0.4) is 0 Å². The number of rotatable bonds is 6. The topological polar surface area (TPSA) is 116 Å². The summed E-state index contributed by atoms with van der Waals surface area (Å²) in [6.07, 6.45) is 1.66. The third-order valence-electron chi connectivity index (χ3n) is 3.69. The van der Waals surface area contributed by atoms with Gasteiger partial charge in [0.25, 0.3) is 0 Å². The van der Waals surface area contributed by atoms with Crippen LogP contribution in [0.4, 0.5) is 22.2 Å². The average Bonchev–Trinajstić information content (AvgIpc) is 3.01. The fraction of sp³-hybridized carbons (Fsp3) is 0.211. The number of carbonyl (C=O) groups is 1. The molecule has 3 aromatic rings. The Labute approximate surface area is 161 Å². The first-order chi connectivity index (χ1) is 12.9. The van der Waals surface area contributed by atoms with Crippen LogP contribution in [0.5, 0.6) is 5.75 Å². The van der Waals surface area contributed by atoms with Crippen LogP contribution in [-0.2, 0) is 0 Å². The van der Waals surface area contributed by atoms with Crippen LogP contribution in [0.25, 0.3) is 10.2 Å². The molecule has 0 atom stereocenters. The number of aliphatic imine (C=N–C) groups is 1. The summed E-state index contributed by atoms with van der Waals surface area (Å²) in [7, 11) is 0. The summed E-state index contributed by atoms with van der Waals surface area (Å²) in [5, 5.41) is 3.87. The van der Waals surface area contributed by atoms with Gasteiger partial charge >= 0.3 is 0 Å². The van der Waals surface area contributed by atoms with Crippen molar-refractivity contribution in [1.82, 2.24) is 4.98 Å². The van der Waals surface area contributed by atoms with Crippen molar-refractivity contribution in [2.24, 2.45) is 10.7 Å². The van der Waals surface area contributed by atoms with Crippen molar-refractivity contribution in [2.75, 3.05) is 11.1 Å². The minimum atomic E-state index is -0.509. The van der Waals surface area contributed by atoms with Crippen molar-refractivity contribution in [1.29, 1.82) is 0 Å². The van der Waals surface area contributed by atoms with E-state index in [4.69, 9.17) is 16.2 Å². The number of amides is 1. The minimum Gasteiger partial charge on any atom is -0.489 e. The molecule has 0 saturated carbocycles. The lowest BCUT2D eigenvalue weighted by atomic mass is 10.1. The van der Waals surface area contributed by atoms with E-state index in [9.17, 15) is 4.79 Å². The number of ether oxygens (including phenoxy) is 1. The molecule has 1 aromatic heterocycles. The van der Waals surface area contributed by atoms with Crippen molar-refractivity contribution in [3.05, 3.63) is 35.9 Å². The second kappa shape index (κ2) is 7.63. The van der Waals surface area contributed by atoms with E-state index < -0.39 is 5.91 Å². The van der Waals surface area contributed by atoms with Gasteiger partial charge in [0, 0.05) is 11.8 Å². The summed E-state index contributed by atoms with van der Waals surface area (Å²) < 4.78 is 6.78. The second-order valence-corrected chi connectivity index (χ2v) is 7.15. The Morgan fingerprint density at radius 1 is 1.33 bits per heavy atom. The SMILES string of the molecule is CC=Nc1c(N)ccc2sc(Nc3cc(C(N)=O)ccc3OC(C)C)nc12. The smallest absolute Gasteiger partial charge is 0.248 e. The molecule has 2 aromatic carbocycles. The molecule has 0 bridgehead atoms. The van der Waals surface area contributed by atoms with Crippen LogP contribution in [0.1, 0.15) is 31.1 Å². The average molecular weight is 383 g/mol. The molecule has 0 radical (unpaired) electrons. The van der Waals surface area contributed by atoms with E-state index >= 15 is 0 Å². The Balaban J connectivity index is 2.05. The van der Waals surface area contributed by atoms with E-state index in [1.165, 1.54) is 11.3 Å². The Kier molecular flexibility index (Phi) is 5.27. The van der Waals surface area contributed by atoms with Crippen LogP contribution in [0.15, 0.2) is 35.3 Å². The van der Waals surface area contributed by atoms with Gasteiger partial charge in [-0.3, -0.25) is 9.79 Å². The highest BCUT2D eigenvalue weighted by atomic mass is 32.1. The number of aromatic nitrogens is 1. The zero-order chi connectivity index (χ0) is 19.6.